The van der Waals surface area contributed by atoms with Crippen LogP contribution in [0.3, 0.4) is 0 Å². The van der Waals surface area contributed by atoms with Crippen molar-refractivity contribution in [3.05, 3.63) is 29.0 Å². The first kappa shape index (κ1) is 11.9. The molecule has 0 spiro atoms. The van der Waals surface area contributed by atoms with Crippen LogP contribution in [-0.4, -0.2) is 23.6 Å². The average Bonchev–Trinajstić information content (AvgIpc) is 2.76. The normalized spacial score (nSPS) is 11.4. The summed E-state index contributed by atoms with van der Waals surface area (Å²) >= 11 is 3.17. The number of rotatable bonds is 3. The van der Waals surface area contributed by atoms with Gasteiger partial charge in [0.05, 0.1) is 22.6 Å². The maximum atomic E-state index is 11.8. The topological polar surface area (TPSA) is 114 Å². The average molecular weight is 318 g/mol. The summed E-state index contributed by atoms with van der Waals surface area (Å²) in [4.78, 5) is 3.88. The molecule has 0 saturated carbocycles. The minimum Gasteiger partial charge on any atom is -0.397 e. The van der Waals surface area contributed by atoms with Crippen LogP contribution in [0, 0.1) is 0 Å². The molecule has 0 aliphatic heterocycles. The number of H-pyrrole nitrogens is 1. The van der Waals surface area contributed by atoms with Crippen LogP contribution in [-0.2, 0) is 10.0 Å². The second-order valence-corrected chi connectivity index (χ2v) is 5.63. The zero-order chi connectivity index (χ0) is 12.5. The number of nitrogens with two attached hydrogens (primary N) is 1. The fourth-order valence-electron chi connectivity index (χ4n) is 1.10. The van der Waals surface area contributed by atoms with Crippen molar-refractivity contribution in [2.75, 3.05) is 10.5 Å². The number of halogens is 1. The molecule has 90 valence electrons. The number of anilines is 2. The maximum absolute atomic E-state index is 11.8. The summed E-state index contributed by atoms with van der Waals surface area (Å²) in [7, 11) is -3.71. The smallest absolute Gasteiger partial charge is 0.280 e. The van der Waals surface area contributed by atoms with E-state index < -0.39 is 10.0 Å². The van der Waals surface area contributed by atoms with Crippen LogP contribution in [0.5, 0.6) is 0 Å². The van der Waals surface area contributed by atoms with Gasteiger partial charge in [0.15, 0.2) is 10.8 Å². The number of nitrogens with one attached hydrogen (secondary N) is 2. The Labute approximate surface area is 106 Å². The lowest BCUT2D eigenvalue weighted by atomic mass is 10.4. The molecule has 0 aliphatic rings. The van der Waals surface area contributed by atoms with Crippen LogP contribution < -0.4 is 10.5 Å². The summed E-state index contributed by atoms with van der Waals surface area (Å²) in [6, 6.07) is 2.89. The van der Waals surface area contributed by atoms with Gasteiger partial charge in [-0.2, -0.15) is 13.5 Å². The number of aromatic amines is 1. The highest BCUT2D eigenvalue weighted by Gasteiger charge is 2.17. The molecule has 4 N–H and O–H groups in total. The van der Waals surface area contributed by atoms with E-state index in [-0.39, 0.29) is 10.8 Å². The minimum atomic E-state index is -3.71. The van der Waals surface area contributed by atoms with Crippen LogP contribution in [0.4, 0.5) is 11.5 Å². The van der Waals surface area contributed by atoms with Gasteiger partial charge in [-0.3, -0.25) is 9.82 Å². The highest BCUT2D eigenvalue weighted by molar-refractivity contribution is 9.10. The van der Waals surface area contributed by atoms with Crippen LogP contribution in [0.2, 0.25) is 0 Å². The van der Waals surface area contributed by atoms with E-state index in [9.17, 15) is 8.42 Å². The molecule has 2 aromatic heterocycles. The summed E-state index contributed by atoms with van der Waals surface area (Å²) < 4.78 is 26.4. The molecule has 0 atom stereocenters. The van der Waals surface area contributed by atoms with Crippen molar-refractivity contribution < 1.29 is 8.42 Å². The summed E-state index contributed by atoms with van der Waals surface area (Å²) in [5.41, 5.74) is 5.93. The van der Waals surface area contributed by atoms with Crippen molar-refractivity contribution in [2.24, 2.45) is 0 Å². The second kappa shape index (κ2) is 4.34. The Balaban J connectivity index is 2.33. The van der Waals surface area contributed by atoms with Gasteiger partial charge in [-0.1, -0.05) is 0 Å². The number of pyridine rings is 1. The number of nitrogens with zero attached hydrogens (tertiary/aromatic N) is 2. The third-order valence-corrected chi connectivity index (χ3v) is 3.73. The fourth-order valence-corrected chi connectivity index (χ4v) is 2.64. The van der Waals surface area contributed by atoms with Gasteiger partial charge in [0.25, 0.3) is 10.0 Å². The first-order chi connectivity index (χ1) is 7.99. The number of nitrogen functional groups attached to an aromatic ring is 1. The fraction of sp³-hybridized carbons (Fsp3) is 0. The highest BCUT2D eigenvalue weighted by atomic mass is 79.9. The summed E-state index contributed by atoms with van der Waals surface area (Å²) in [5, 5.41) is 5.89. The quantitative estimate of drug-likeness (QED) is 0.779. The minimum absolute atomic E-state index is 0.0389. The zero-order valence-corrected chi connectivity index (χ0v) is 10.8. The Kier molecular flexibility index (Phi) is 3.03. The highest BCUT2D eigenvalue weighted by Crippen LogP contribution is 2.23. The Morgan fingerprint density at radius 1 is 1.47 bits per heavy atom. The summed E-state index contributed by atoms with van der Waals surface area (Å²) in [6.07, 6.45) is 2.70. The number of hydrogen-bond donors (Lipinski definition) is 3. The van der Waals surface area contributed by atoms with Gasteiger partial charge in [-0.25, -0.2) is 4.98 Å². The molecular formula is C8H8BrN5O2S. The molecule has 0 amide bonds. The van der Waals surface area contributed by atoms with E-state index in [1.165, 1.54) is 18.5 Å². The molecule has 0 bridgehead atoms. The summed E-state index contributed by atoms with van der Waals surface area (Å²) in [6.45, 7) is 0. The van der Waals surface area contributed by atoms with Crippen LogP contribution in [0.1, 0.15) is 0 Å². The Hall–Kier alpha value is -1.61. The van der Waals surface area contributed by atoms with Gasteiger partial charge in [0.2, 0.25) is 0 Å². The Bertz CT molecular complexity index is 625. The molecule has 0 fully saturated rings. The first-order valence-electron chi connectivity index (χ1n) is 4.42. The van der Waals surface area contributed by atoms with Crippen molar-refractivity contribution in [3.8, 4) is 0 Å². The van der Waals surface area contributed by atoms with Crippen molar-refractivity contribution in [1.82, 2.24) is 15.2 Å². The van der Waals surface area contributed by atoms with Crippen molar-refractivity contribution in [1.29, 1.82) is 0 Å². The van der Waals surface area contributed by atoms with Gasteiger partial charge < -0.3 is 5.73 Å². The predicted molar refractivity (Wildman–Crippen MR) is 65.7 cm³/mol. The van der Waals surface area contributed by atoms with Crippen molar-refractivity contribution >= 4 is 37.5 Å². The van der Waals surface area contributed by atoms with E-state index >= 15 is 0 Å². The second-order valence-electron chi connectivity index (χ2n) is 3.13. The molecular weight excluding hydrogens is 310 g/mol. The maximum Gasteiger partial charge on any atom is 0.280 e. The molecule has 9 heteroatoms. The molecule has 0 unspecified atom stereocenters. The predicted octanol–water partition coefficient (Wildman–Crippen LogP) is 0.950. The zero-order valence-electron chi connectivity index (χ0n) is 8.38. The molecule has 0 aromatic carbocycles. The monoisotopic (exact) mass is 317 g/mol. The first-order valence-corrected chi connectivity index (χ1v) is 6.70. The Morgan fingerprint density at radius 2 is 2.24 bits per heavy atom. The number of aromatic nitrogens is 3. The lowest BCUT2D eigenvalue weighted by molar-refractivity contribution is 0.597. The van der Waals surface area contributed by atoms with Crippen LogP contribution in [0.15, 0.2) is 34.0 Å². The molecule has 0 radical (unpaired) electrons. The third kappa shape index (κ3) is 2.56. The largest absolute Gasteiger partial charge is 0.397 e. The van der Waals surface area contributed by atoms with Crippen LogP contribution in [0.25, 0.3) is 0 Å². The van der Waals surface area contributed by atoms with E-state index in [1.54, 1.807) is 6.07 Å². The van der Waals surface area contributed by atoms with Crippen LogP contribution >= 0.6 is 15.9 Å². The standard InChI is InChI=1S/C8H8BrN5O2S/c9-6-3-5(10)4-11-8(6)14-17(15,16)7-1-2-12-13-7/h1-4H,10H2,(H,11,14)(H,12,13). The van der Waals surface area contributed by atoms with E-state index in [0.717, 1.165) is 0 Å². The molecule has 0 saturated heterocycles. The van der Waals surface area contributed by atoms with E-state index in [4.69, 9.17) is 5.73 Å². The van der Waals surface area contributed by atoms with Gasteiger partial charge in [-0.05, 0) is 28.1 Å². The van der Waals surface area contributed by atoms with Crippen molar-refractivity contribution in [2.45, 2.75) is 5.03 Å². The van der Waals surface area contributed by atoms with E-state index in [0.29, 0.717) is 10.2 Å². The number of sulfonamides is 1. The lowest BCUT2D eigenvalue weighted by Crippen LogP contribution is -2.14. The summed E-state index contributed by atoms with van der Waals surface area (Å²) in [5.74, 6) is 0.161. The Morgan fingerprint density at radius 3 is 2.82 bits per heavy atom. The van der Waals surface area contributed by atoms with Gasteiger partial charge >= 0.3 is 0 Å². The van der Waals surface area contributed by atoms with Gasteiger partial charge in [0, 0.05) is 0 Å². The molecule has 2 rings (SSSR count). The third-order valence-electron chi connectivity index (χ3n) is 1.86. The number of hydrogen-bond acceptors (Lipinski definition) is 5. The molecule has 2 heterocycles. The van der Waals surface area contributed by atoms with Gasteiger partial charge in [-0.15, -0.1) is 0 Å². The molecule has 2 aromatic rings. The van der Waals surface area contributed by atoms with Gasteiger partial charge in [0.1, 0.15) is 0 Å². The molecule has 7 nitrogen and oxygen atoms in total. The lowest BCUT2D eigenvalue weighted by Gasteiger charge is -2.07. The molecule has 17 heavy (non-hydrogen) atoms. The molecule has 0 aliphatic carbocycles. The van der Waals surface area contributed by atoms with E-state index in [2.05, 4.69) is 35.8 Å². The SMILES string of the molecule is Nc1cnc(NS(=O)(=O)c2ccn[nH]2)c(Br)c1. The van der Waals surface area contributed by atoms with E-state index in [1.807, 2.05) is 0 Å². The van der Waals surface area contributed by atoms with Crippen molar-refractivity contribution in [3.63, 3.8) is 0 Å².